The van der Waals surface area contributed by atoms with Crippen LogP contribution in [0.25, 0.3) is 0 Å². The second-order valence-electron chi connectivity index (χ2n) is 8.02. The molecule has 6 nitrogen and oxygen atoms in total. The number of hydrogen-bond acceptors (Lipinski definition) is 5. The zero-order valence-electron chi connectivity index (χ0n) is 17.4. The quantitative estimate of drug-likeness (QED) is 0.423. The van der Waals surface area contributed by atoms with E-state index >= 15 is 0 Å². The predicted octanol–water partition coefficient (Wildman–Crippen LogP) is -1.76. The van der Waals surface area contributed by atoms with Gasteiger partial charge >= 0.3 is 5.97 Å². The first-order chi connectivity index (χ1) is 14.5. The van der Waals surface area contributed by atoms with E-state index in [0.717, 1.165) is 13.1 Å². The molecule has 1 heterocycles. The zero-order valence-corrected chi connectivity index (χ0v) is 18.2. The van der Waals surface area contributed by atoms with E-state index < -0.39 is 11.4 Å². The maximum Gasteiger partial charge on any atom is 0.308 e. The molecule has 2 aromatic rings. The fourth-order valence-corrected chi connectivity index (χ4v) is 4.48. The minimum absolute atomic E-state index is 0. The Bertz CT molecular complexity index is 920. The Kier molecular flexibility index (Phi) is 7.26. The van der Waals surface area contributed by atoms with Crippen LogP contribution in [0.4, 0.5) is 0 Å². The van der Waals surface area contributed by atoms with Crippen LogP contribution in [0.15, 0.2) is 54.6 Å². The number of ether oxygens (including phenoxy) is 2. The molecule has 0 spiro atoms. The molecule has 7 heteroatoms. The van der Waals surface area contributed by atoms with Crippen LogP contribution in [0.2, 0.25) is 0 Å². The Balaban J connectivity index is 0.00000272. The van der Waals surface area contributed by atoms with E-state index in [1.54, 1.807) is 48.5 Å². The molecule has 1 aliphatic carbocycles. The van der Waals surface area contributed by atoms with E-state index in [-0.39, 0.29) is 36.5 Å². The summed E-state index contributed by atoms with van der Waals surface area (Å²) in [6.07, 6.45) is -0.612. The Hall–Kier alpha value is -2.54. The first-order valence-electron chi connectivity index (χ1n) is 10.4. The van der Waals surface area contributed by atoms with Crippen molar-refractivity contribution in [1.29, 1.82) is 0 Å². The van der Waals surface area contributed by atoms with Gasteiger partial charge in [0.05, 0.1) is 19.6 Å². The van der Waals surface area contributed by atoms with Crippen LogP contribution >= 0.6 is 0 Å². The first-order valence-corrected chi connectivity index (χ1v) is 10.4. The molecule has 1 aliphatic heterocycles. The minimum Gasteiger partial charge on any atom is -1.00 e. The highest BCUT2D eigenvalue weighted by molar-refractivity contribution is 6.34. The van der Waals surface area contributed by atoms with Crippen molar-refractivity contribution in [1.82, 2.24) is 0 Å². The summed E-state index contributed by atoms with van der Waals surface area (Å²) >= 11 is 0. The van der Waals surface area contributed by atoms with Gasteiger partial charge in [0.1, 0.15) is 31.2 Å². The van der Waals surface area contributed by atoms with Gasteiger partial charge in [-0.2, -0.15) is 0 Å². The van der Waals surface area contributed by atoms with Gasteiger partial charge in [-0.15, -0.1) is 0 Å². The number of nitrogens with one attached hydrogen (secondary N) is 1. The van der Waals surface area contributed by atoms with Crippen LogP contribution in [0.3, 0.4) is 0 Å². The van der Waals surface area contributed by atoms with E-state index in [1.165, 1.54) is 4.90 Å². The Morgan fingerprint density at radius 2 is 1.55 bits per heavy atom. The van der Waals surface area contributed by atoms with E-state index in [1.807, 2.05) is 13.0 Å². The van der Waals surface area contributed by atoms with Gasteiger partial charge in [-0.05, 0) is 12.5 Å². The number of quaternary nitrogens is 1. The number of morpholine rings is 1. The van der Waals surface area contributed by atoms with Crippen molar-refractivity contribution in [2.45, 2.75) is 24.9 Å². The van der Waals surface area contributed by atoms with Crippen LogP contribution in [0.1, 0.15) is 39.6 Å². The number of hydrogen-bond donors (Lipinski definition) is 1. The third-order valence-corrected chi connectivity index (χ3v) is 5.98. The summed E-state index contributed by atoms with van der Waals surface area (Å²) in [4.78, 5) is 41.1. The number of rotatable bonds is 6. The number of halogens is 1. The molecule has 0 bridgehead atoms. The maximum absolute atomic E-state index is 13.4. The van der Waals surface area contributed by atoms with Crippen molar-refractivity contribution < 1.29 is 41.2 Å². The number of Topliss-reactive ketones (excluding diaryl/α,β-unsaturated/α-hetero) is 2. The smallest absolute Gasteiger partial charge is 0.308 e. The molecule has 1 fully saturated rings. The maximum atomic E-state index is 13.4. The molecule has 1 atom stereocenters. The Labute approximate surface area is 187 Å². The average molecular weight is 444 g/mol. The molecular formula is C24H26ClNO5. The van der Waals surface area contributed by atoms with Gasteiger partial charge in [0.15, 0.2) is 11.6 Å². The first kappa shape index (κ1) is 23.1. The SMILES string of the molecule is CC(C[NH+]1CCOCC1)OC(=O)CC1(c2ccccc2)C(=O)c2ccccc2C1=O.[Cl-]. The molecule has 0 amide bonds. The number of esters is 1. The lowest BCUT2D eigenvalue weighted by Crippen LogP contribution is -3.15. The van der Waals surface area contributed by atoms with Crippen molar-refractivity contribution in [3.8, 4) is 0 Å². The Morgan fingerprint density at radius 3 is 2.13 bits per heavy atom. The summed E-state index contributed by atoms with van der Waals surface area (Å²) in [6.45, 7) is 5.69. The van der Waals surface area contributed by atoms with E-state index in [9.17, 15) is 14.4 Å². The van der Waals surface area contributed by atoms with Crippen molar-refractivity contribution in [3.05, 3.63) is 71.3 Å². The molecule has 0 saturated carbocycles. The normalized spacial score (nSPS) is 18.7. The number of carbonyl (C=O) groups is 3. The topological polar surface area (TPSA) is 74.1 Å². The van der Waals surface area contributed by atoms with E-state index in [2.05, 4.69) is 0 Å². The van der Waals surface area contributed by atoms with Crippen molar-refractivity contribution in [3.63, 3.8) is 0 Å². The summed E-state index contributed by atoms with van der Waals surface area (Å²) in [7, 11) is 0. The van der Waals surface area contributed by atoms with Gasteiger partial charge < -0.3 is 26.8 Å². The number of ketones is 2. The van der Waals surface area contributed by atoms with Crippen molar-refractivity contribution in [2.75, 3.05) is 32.8 Å². The molecule has 2 aromatic carbocycles. The second kappa shape index (κ2) is 9.73. The van der Waals surface area contributed by atoms with E-state index in [0.29, 0.717) is 36.4 Å². The highest BCUT2D eigenvalue weighted by Crippen LogP contribution is 2.42. The fourth-order valence-electron chi connectivity index (χ4n) is 4.48. The summed E-state index contributed by atoms with van der Waals surface area (Å²) in [5.41, 5.74) is -0.303. The van der Waals surface area contributed by atoms with Gasteiger partial charge in [0, 0.05) is 11.1 Å². The highest BCUT2D eigenvalue weighted by atomic mass is 35.5. The molecule has 0 radical (unpaired) electrons. The largest absolute Gasteiger partial charge is 1.00 e. The predicted molar refractivity (Wildman–Crippen MR) is 110 cm³/mol. The monoisotopic (exact) mass is 443 g/mol. The van der Waals surface area contributed by atoms with Crippen LogP contribution in [-0.4, -0.2) is 56.5 Å². The summed E-state index contributed by atoms with van der Waals surface area (Å²) in [5.74, 6) is -1.20. The van der Waals surface area contributed by atoms with Gasteiger partial charge in [-0.1, -0.05) is 54.6 Å². The molecule has 1 unspecified atom stereocenters. The lowest BCUT2D eigenvalue weighted by atomic mass is 9.73. The lowest BCUT2D eigenvalue weighted by molar-refractivity contribution is -0.910. The van der Waals surface area contributed by atoms with Crippen molar-refractivity contribution >= 4 is 17.5 Å². The zero-order chi connectivity index (χ0) is 21.1. The molecule has 0 aromatic heterocycles. The molecule has 4 rings (SSSR count). The van der Waals surface area contributed by atoms with Crippen LogP contribution in [0.5, 0.6) is 0 Å². The number of benzene rings is 2. The highest BCUT2D eigenvalue weighted by Gasteiger charge is 2.55. The number of fused-ring (bicyclic) bond motifs is 1. The lowest BCUT2D eigenvalue weighted by Gasteiger charge is -2.28. The third kappa shape index (κ3) is 4.42. The molecular weight excluding hydrogens is 418 g/mol. The molecule has 31 heavy (non-hydrogen) atoms. The van der Waals surface area contributed by atoms with Crippen molar-refractivity contribution in [2.24, 2.45) is 0 Å². The van der Waals surface area contributed by atoms with Gasteiger partial charge in [-0.25, -0.2) is 0 Å². The fraction of sp³-hybridized carbons (Fsp3) is 0.375. The summed E-state index contributed by atoms with van der Waals surface area (Å²) in [6, 6.07) is 15.6. The third-order valence-electron chi connectivity index (χ3n) is 5.98. The van der Waals surface area contributed by atoms with Gasteiger partial charge in [0.25, 0.3) is 0 Å². The number of carbonyl (C=O) groups excluding carboxylic acids is 3. The van der Waals surface area contributed by atoms with Gasteiger partial charge in [-0.3, -0.25) is 14.4 Å². The second-order valence-corrected chi connectivity index (χ2v) is 8.02. The van der Waals surface area contributed by atoms with Gasteiger partial charge in [0.2, 0.25) is 0 Å². The van der Waals surface area contributed by atoms with Crippen LogP contribution < -0.4 is 17.3 Å². The van der Waals surface area contributed by atoms with Crippen LogP contribution in [-0.2, 0) is 19.7 Å². The van der Waals surface area contributed by atoms with E-state index in [4.69, 9.17) is 9.47 Å². The minimum atomic E-state index is -1.56. The molecule has 1 saturated heterocycles. The van der Waals surface area contributed by atoms with Crippen LogP contribution in [0, 0.1) is 0 Å². The standard InChI is InChI=1S/C24H25NO5.ClH/c1-17(16-25-11-13-29-14-12-25)30-21(26)15-24(18-7-3-2-4-8-18)22(27)19-9-5-6-10-20(19)23(24)28;/h2-10,17H,11-16H2,1H3;1H. The summed E-state index contributed by atoms with van der Waals surface area (Å²) < 4.78 is 11.0. The molecule has 2 aliphatic rings. The molecule has 164 valence electrons. The molecule has 1 N–H and O–H groups in total. The Morgan fingerprint density at radius 1 is 1.00 bits per heavy atom. The average Bonchev–Trinajstić information content (AvgIpc) is 2.98. The summed E-state index contributed by atoms with van der Waals surface area (Å²) in [5, 5.41) is 0.